The number of carbonyl (C=O) groups is 1. The van der Waals surface area contributed by atoms with Crippen LogP contribution in [0.4, 0.5) is 0 Å². The molecule has 1 heterocycles. The number of pyridine rings is 1. The largest absolute Gasteiger partial charge is 0.506 e. The lowest BCUT2D eigenvalue weighted by Crippen LogP contribution is -1.96. The Morgan fingerprint density at radius 3 is 2.79 bits per heavy atom. The molecule has 0 spiro atoms. The van der Waals surface area contributed by atoms with Crippen LogP contribution in [0.3, 0.4) is 0 Å². The van der Waals surface area contributed by atoms with Crippen molar-refractivity contribution in [3.05, 3.63) is 36.0 Å². The normalized spacial score (nSPS) is 10.4. The van der Waals surface area contributed by atoms with Gasteiger partial charge < -0.3 is 5.11 Å². The molecule has 14 heavy (non-hydrogen) atoms. The summed E-state index contributed by atoms with van der Waals surface area (Å²) < 4.78 is 0. The number of para-hydroxylation sites is 1. The van der Waals surface area contributed by atoms with E-state index < -0.39 is 0 Å². The SMILES string of the molecule is CC(=O)c1ccc2cccc(O)c2n1. The number of aromatic hydroxyl groups is 1. The van der Waals surface area contributed by atoms with Crippen molar-refractivity contribution in [2.75, 3.05) is 0 Å². The minimum Gasteiger partial charge on any atom is -0.506 e. The number of carbonyl (C=O) groups excluding carboxylic acids is 1. The van der Waals surface area contributed by atoms with E-state index in [0.29, 0.717) is 11.2 Å². The van der Waals surface area contributed by atoms with Gasteiger partial charge >= 0.3 is 0 Å². The van der Waals surface area contributed by atoms with Gasteiger partial charge in [0.2, 0.25) is 0 Å². The third kappa shape index (κ3) is 1.33. The van der Waals surface area contributed by atoms with E-state index in [2.05, 4.69) is 4.98 Å². The van der Waals surface area contributed by atoms with Gasteiger partial charge in [0, 0.05) is 12.3 Å². The molecule has 0 aliphatic carbocycles. The summed E-state index contributed by atoms with van der Waals surface area (Å²) in [5.74, 6) is 0.000697. The first-order chi connectivity index (χ1) is 6.68. The fourth-order valence-electron chi connectivity index (χ4n) is 1.33. The summed E-state index contributed by atoms with van der Waals surface area (Å²) in [4.78, 5) is 15.1. The second-order valence-electron chi connectivity index (χ2n) is 3.10. The first-order valence-corrected chi connectivity index (χ1v) is 4.28. The summed E-state index contributed by atoms with van der Waals surface area (Å²) in [6.45, 7) is 1.45. The molecule has 0 radical (unpaired) electrons. The Morgan fingerprint density at radius 2 is 2.07 bits per heavy atom. The Kier molecular flexibility index (Phi) is 1.93. The summed E-state index contributed by atoms with van der Waals surface area (Å²) >= 11 is 0. The van der Waals surface area contributed by atoms with E-state index in [0.717, 1.165) is 5.39 Å². The Hall–Kier alpha value is -1.90. The first kappa shape index (κ1) is 8.69. The van der Waals surface area contributed by atoms with Crippen LogP contribution in [-0.2, 0) is 0 Å². The molecule has 0 aliphatic rings. The molecule has 1 aromatic heterocycles. The maximum absolute atomic E-state index is 11.1. The first-order valence-electron chi connectivity index (χ1n) is 4.28. The number of ketones is 1. The standard InChI is InChI=1S/C11H9NO2/c1-7(13)9-6-5-8-3-2-4-10(14)11(8)12-9/h2-6,14H,1H3. The summed E-state index contributed by atoms with van der Waals surface area (Å²) in [6.07, 6.45) is 0. The molecule has 2 aromatic rings. The number of phenols is 1. The lowest BCUT2D eigenvalue weighted by atomic mass is 10.1. The Balaban J connectivity index is 2.76. The molecule has 1 aromatic carbocycles. The molecule has 0 saturated heterocycles. The molecule has 0 aliphatic heterocycles. The van der Waals surface area contributed by atoms with Gasteiger partial charge in [-0.05, 0) is 12.1 Å². The summed E-state index contributed by atoms with van der Waals surface area (Å²) in [7, 11) is 0. The number of fused-ring (bicyclic) bond motifs is 1. The fourth-order valence-corrected chi connectivity index (χ4v) is 1.33. The molecule has 3 nitrogen and oxygen atoms in total. The highest BCUT2D eigenvalue weighted by Gasteiger charge is 2.04. The summed E-state index contributed by atoms with van der Waals surface area (Å²) in [5.41, 5.74) is 0.846. The van der Waals surface area contributed by atoms with Gasteiger partial charge in [-0.25, -0.2) is 4.98 Å². The second kappa shape index (κ2) is 3.10. The van der Waals surface area contributed by atoms with E-state index in [1.807, 2.05) is 6.07 Å². The summed E-state index contributed by atoms with van der Waals surface area (Å²) in [6, 6.07) is 8.57. The van der Waals surface area contributed by atoms with Crippen molar-refractivity contribution in [3.63, 3.8) is 0 Å². The average Bonchev–Trinajstić information content (AvgIpc) is 2.18. The average molecular weight is 187 g/mol. The molecule has 3 heteroatoms. The van der Waals surface area contributed by atoms with Crippen molar-refractivity contribution in [2.45, 2.75) is 6.92 Å². The molecule has 0 bridgehead atoms. The lowest BCUT2D eigenvalue weighted by molar-refractivity contribution is 0.101. The molecule has 1 N–H and O–H groups in total. The van der Waals surface area contributed by atoms with E-state index in [-0.39, 0.29) is 11.5 Å². The van der Waals surface area contributed by atoms with Crippen LogP contribution < -0.4 is 0 Å². The van der Waals surface area contributed by atoms with Gasteiger partial charge in [0.1, 0.15) is 17.0 Å². The van der Waals surface area contributed by atoms with Crippen LogP contribution in [0, 0.1) is 0 Å². The van der Waals surface area contributed by atoms with E-state index in [9.17, 15) is 9.90 Å². The van der Waals surface area contributed by atoms with Gasteiger partial charge in [-0.2, -0.15) is 0 Å². The van der Waals surface area contributed by atoms with Gasteiger partial charge in [0.15, 0.2) is 5.78 Å². The topological polar surface area (TPSA) is 50.2 Å². The van der Waals surface area contributed by atoms with Crippen molar-refractivity contribution in [1.29, 1.82) is 0 Å². The Bertz CT molecular complexity index is 506. The number of aromatic nitrogens is 1. The Morgan fingerprint density at radius 1 is 1.29 bits per heavy atom. The van der Waals surface area contributed by atoms with Crippen molar-refractivity contribution in [3.8, 4) is 5.75 Å². The highest BCUT2D eigenvalue weighted by molar-refractivity contribution is 5.95. The maximum atomic E-state index is 11.1. The van der Waals surface area contributed by atoms with Crippen LogP contribution in [0.15, 0.2) is 30.3 Å². The second-order valence-corrected chi connectivity index (χ2v) is 3.10. The van der Waals surface area contributed by atoms with Crippen molar-refractivity contribution in [1.82, 2.24) is 4.98 Å². The van der Waals surface area contributed by atoms with Gasteiger partial charge in [0.25, 0.3) is 0 Å². The predicted octanol–water partition coefficient (Wildman–Crippen LogP) is 2.14. The zero-order chi connectivity index (χ0) is 10.1. The number of nitrogens with zero attached hydrogens (tertiary/aromatic N) is 1. The van der Waals surface area contributed by atoms with Crippen molar-refractivity contribution >= 4 is 16.7 Å². The number of Topliss-reactive ketones (excluding diaryl/α,β-unsaturated/α-hetero) is 1. The number of rotatable bonds is 1. The smallest absolute Gasteiger partial charge is 0.178 e. The Labute approximate surface area is 81.0 Å². The monoisotopic (exact) mass is 187 g/mol. The summed E-state index contributed by atoms with van der Waals surface area (Å²) in [5, 5.41) is 10.3. The van der Waals surface area contributed by atoms with Crippen LogP contribution in [0.25, 0.3) is 10.9 Å². The predicted molar refractivity (Wildman–Crippen MR) is 53.4 cm³/mol. The van der Waals surface area contributed by atoms with Crippen LogP contribution in [-0.4, -0.2) is 15.9 Å². The highest BCUT2D eigenvalue weighted by Crippen LogP contribution is 2.22. The van der Waals surface area contributed by atoms with Crippen molar-refractivity contribution < 1.29 is 9.90 Å². The van der Waals surface area contributed by atoms with Crippen LogP contribution >= 0.6 is 0 Å². The van der Waals surface area contributed by atoms with E-state index in [1.54, 1.807) is 24.3 Å². The van der Waals surface area contributed by atoms with Gasteiger partial charge in [-0.15, -0.1) is 0 Å². The molecular weight excluding hydrogens is 178 g/mol. The zero-order valence-electron chi connectivity index (χ0n) is 7.69. The number of hydrogen-bond acceptors (Lipinski definition) is 3. The third-order valence-electron chi connectivity index (χ3n) is 2.06. The minimum absolute atomic E-state index is 0.102. The number of hydrogen-bond donors (Lipinski definition) is 1. The van der Waals surface area contributed by atoms with Gasteiger partial charge in [-0.1, -0.05) is 18.2 Å². The maximum Gasteiger partial charge on any atom is 0.178 e. The van der Waals surface area contributed by atoms with E-state index >= 15 is 0 Å². The molecule has 0 atom stereocenters. The molecule has 2 rings (SSSR count). The van der Waals surface area contributed by atoms with Crippen LogP contribution in [0.5, 0.6) is 5.75 Å². The third-order valence-corrected chi connectivity index (χ3v) is 2.06. The molecule has 0 fully saturated rings. The van der Waals surface area contributed by atoms with E-state index in [4.69, 9.17) is 0 Å². The molecule has 70 valence electrons. The van der Waals surface area contributed by atoms with Crippen molar-refractivity contribution in [2.24, 2.45) is 0 Å². The molecule has 0 saturated carbocycles. The number of phenolic OH excluding ortho intramolecular Hbond substituents is 1. The lowest BCUT2D eigenvalue weighted by Gasteiger charge is -2.01. The fraction of sp³-hybridized carbons (Fsp3) is 0.0909. The minimum atomic E-state index is -0.102. The molecule has 0 unspecified atom stereocenters. The van der Waals surface area contributed by atoms with Gasteiger partial charge in [0.05, 0.1) is 0 Å². The van der Waals surface area contributed by atoms with Crippen LogP contribution in [0.1, 0.15) is 17.4 Å². The quantitative estimate of drug-likeness (QED) is 0.696. The zero-order valence-corrected chi connectivity index (χ0v) is 7.69. The van der Waals surface area contributed by atoms with Crippen LogP contribution in [0.2, 0.25) is 0 Å². The molecular formula is C11H9NO2. The highest BCUT2D eigenvalue weighted by atomic mass is 16.3. The van der Waals surface area contributed by atoms with E-state index in [1.165, 1.54) is 6.92 Å². The molecule has 0 amide bonds. The number of benzene rings is 1. The van der Waals surface area contributed by atoms with Gasteiger partial charge in [-0.3, -0.25) is 4.79 Å².